The minimum atomic E-state index is -3.68. The van der Waals surface area contributed by atoms with Crippen LogP contribution < -0.4 is 14.4 Å². The van der Waals surface area contributed by atoms with Crippen LogP contribution in [-0.4, -0.2) is 57.6 Å². The molecule has 0 fully saturated rings. The lowest BCUT2D eigenvalue weighted by atomic mass is 10.0. The summed E-state index contributed by atoms with van der Waals surface area (Å²) in [5.41, 5.74) is 1.99. The zero-order chi connectivity index (χ0) is 31.4. The fourth-order valence-electron chi connectivity index (χ4n) is 4.68. The van der Waals surface area contributed by atoms with Gasteiger partial charge in [-0.1, -0.05) is 85.1 Å². The number of unbranched alkanes of at least 4 members (excludes halogenated alkanes) is 1. The number of carbonyl (C=O) groups is 2. The van der Waals surface area contributed by atoms with Gasteiger partial charge in [0, 0.05) is 37.5 Å². The van der Waals surface area contributed by atoms with Gasteiger partial charge in [-0.05, 0) is 48.2 Å². The van der Waals surface area contributed by atoms with Crippen LogP contribution in [0.3, 0.4) is 0 Å². The Bertz CT molecular complexity index is 1470. The lowest BCUT2D eigenvalue weighted by Crippen LogP contribution is -2.50. The highest BCUT2D eigenvalue weighted by Gasteiger charge is 2.31. The number of amides is 2. The summed E-state index contributed by atoms with van der Waals surface area (Å²) in [7, 11) is -2.21. The maximum absolute atomic E-state index is 13.9. The zero-order valence-corrected chi connectivity index (χ0v) is 27.1. The van der Waals surface area contributed by atoms with E-state index >= 15 is 0 Å². The lowest BCUT2D eigenvalue weighted by Gasteiger charge is -2.32. The number of rotatable bonds is 16. The summed E-state index contributed by atoms with van der Waals surface area (Å²) in [4.78, 5) is 29.1. The van der Waals surface area contributed by atoms with Gasteiger partial charge in [-0.25, -0.2) is 8.42 Å². The predicted molar refractivity (Wildman–Crippen MR) is 173 cm³/mol. The first-order valence-electron chi connectivity index (χ1n) is 14.2. The summed E-state index contributed by atoms with van der Waals surface area (Å²) < 4.78 is 31.8. The highest BCUT2D eigenvalue weighted by Crippen LogP contribution is 2.30. The monoisotopic (exact) mass is 647 g/mol. The van der Waals surface area contributed by atoms with Crippen molar-refractivity contribution in [3.63, 3.8) is 0 Å². The summed E-state index contributed by atoms with van der Waals surface area (Å²) in [6.45, 7) is 2.71. The van der Waals surface area contributed by atoms with Crippen LogP contribution in [0.25, 0.3) is 0 Å². The van der Waals surface area contributed by atoms with Crippen molar-refractivity contribution >= 4 is 50.7 Å². The molecule has 0 aliphatic rings. The smallest absolute Gasteiger partial charge is 0.243 e. The number of sulfonamides is 1. The maximum Gasteiger partial charge on any atom is 0.243 e. The number of hydrogen-bond donors (Lipinski definition) is 1. The Morgan fingerprint density at radius 1 is 0.953 bits per heavy atom. The van der Waals surface area contributed by atoms with Gasteiger partial charge >= 0.3 is 0 Å². The summed E-state index contributed by atoms with van der Waals surface area (Å²) in [5, 5.41) is 3.76. The van der Waals surface area contributed by atoms with E-state index in [0.717, 1.165) is 24.7 Å². The van der Waals surface area contributed by atoms with Crippen molar-refractivity contribution in [2.75, 3.05) is 30.8 Å². The van der Waals surface area contributed by atoms with Crippen LogP contribution in [0.1, 0.15) is 43.7 Å². The quantitative estimate of drug-likeness (QED) is 0.189. The van der Waals surface area contributed by atoms with E-state index in [0.29, 0.717) is 35.0 Å². The first kappa shape index (κ1) is 34.2. The van der Waals surface area contributed by atoms with Crippen LogP contribution in [0, 0.1) is 0 Å². The van der Waals surface area contributed by atoms with E-state index in [1.165, 1.54) is 17.5 Å². The Kier molecular flexibility index (Phi) is 13.2. The second kappa shape index (κ2) is 16.5. The molecule has 43 heavy (non-hydrogen) atoms. The molecule has 1 N–H and O–H groups in total. The van der Waals surface area contributed by atoms with Gasteiger partial charge in [-0.3, -0.25) is 13.9 Å². The van der Waals surface area contributed by atoms with E-state index in [2.05, 4.69) is 5.32 Å². The zero-order valence-electron chi connectivity index (χ0n) is 24.8. The molecular formula is C32H39Cl2N3O5S. The Hall–Kier alpha value is -3.27. The highest BCUT2D eigenvalue weighted by atomic mass is 35.5. The van der Waals surface area contributed by atoms with Crippen molar-refractivity contribution in [3.8, 4) is 5.75 Å². The SMILES string of the molecule is CCCCNC(=O)[C@@H](Cc1ccccc1)N(Cc1ccccc1Cl)C(=O)CCCN(c1ccc(OC)c(Cl)c1)S(C)(=O)=O. The Morgan fingerprint density at radius 3 is 2.28 bits per heavy atom. The third kappa shape index (κ3) is 10.2. The number of hydrogen-bond acceptors (Lipinski definition) is 5. The first-order chi connectivity index (χ1) is 20.5. The van der Waals surface area contributed by atoms with Crippen LogP contribution in [0.4, 0.5) is 5.69 Å². The van der Waals surface area contributed by atoms with Gasteiger partial charge in [0.25, 0.3) is 0 Å². The average Bonchev–Trinajstić information content (AvgIpc) is 2.97. The number of carbonyl (C=O) groups excluding carboxylic acids is 2. The molecule has 2 amide bonds. The van der Waals surface area contributed by atoms with Crippen LogP contribution in [0.15, 0.2) is 72.8 Å². The number of nitrogens with one attached hydrogen (secondary N) is 1. The molecule has 3 rings (SSSR count). The predicted octanol–water partition coefficient (Wildman–Crippen LogP) is 6.10. The van der Waals surface area contributed by atoms with Gasteiger partial charge in [0.1, 0.15) is 11.8 Å². The van der Waals surface area contributed by atoms with Gasteiger partial charge < -0.3 is 15.0 Å². The molecule has 232 valence electrons. The van der Waals surface area contributed by atoms with Crippen LogP contribution in [0.5, 0.6) is 5.75 Å². The van der Waals surface area contributed by atoms with E-state index in [1.807, 2.05) is 55.5 Å². The van der Waals surface area contributed by atoms with Crippen LogP contribution >= 0.6 is 23.2 Å². The maximum atomic E-state index is 13.9. The average molecular weight is 649 g/mol. The van der Waals surface area contributed by atoms with Gasteiger partial charge in [0.15, 0.2) is 0 Å². The van der Waals surface area contributed by atoms with Gasteiger partial charge in [0.2, 0.25) is 21.8 Å². The molecule has 0 aliphatic carbocycles. The number of ether oxygens (including phenoxy) is 1. The molecule has 0 bridgehead atoms. The Balaban J connectivity index is 1.88. The Morgan fingerprint density at radius 2 is 1.65 bits per heavy atom. The summed E-state index contributed by atoms with van der Waals surface area (Å²) in [6.07, 6.45) is 3.38. The molecule has 0 saturated carbocycles. The third-order valence-corrected chi connectivity index (χ3v) is 8.83. The Labute approximate surface area is 265 Å². The van der Waals surface area contributed by atoms with E-state index in [1.54, 1.807) is 23.1 Å². The molecule has 3 aromatic carbocycles. The van der Waals surface area contributed by atoms with Crippen molar-refractivity contribution < 1.29 is 22.7 Å². The third-order valence-electron chi connectivity index (χ3n) is 6.97. The van der Waals surface area contributed by atoms with Gasteiger partial charge in [-0.15, -0.1) is 0 Å². The van der Waals surface area contributed by atoms with Crippen molar-refractivity contribution in [3.05, 3.63) is 94.0 Å². The number of anilines is 1. The minimum Gasteiger partial charge on any atom is -0.495 e. The fraction of sp³-hybridized carbons (Fsp3) is 0.375. The molecule has 0 radical (unpaired) electrons. The molecule has 0 heterocycles. The summed E-state index contributed by atoms with van der Waals surface area (Å²) >= 11 is 12.7. The number of nitrogens with zero attached hydrogens (tertiary/aromatic N) is 2. The van der Waals surface area contributed by atoms with Crippen molar-refractivity contribution in [2.24, 2.45) is 0 Å². The van der Waals surface area contributed by atoms with E-state index in [4.69, 9.17) is 27.9 Å². The molecular weight excluding hydrogens is 609 g/mol. The minimum absolute atomic E-state index is 0.00783. The van der Waals surface area contributed by atoms with Crippen molar-refractivity contribution in [1.82, 2.24) is 10.2 Å². The molecule has 3 aromatic rings. The molecule has 1 atom stereocenters. The summed E-state index contributed by atoms with van der Waals surface area (Å²) in [6, 6.07) is 20.7. The van der Waals surface area contributed by atoms with Gasteiger partial charge in [-0.2, -0.15) is 0 Å². The van der Waals surface area contributed by atoms with Gasteiger partial charge in [0.05, 0.1) is 24.1 Å². The highest BCUT2D eigenvalue weighted by molar-refractivity contribution is 7.92. The topological polar surface area (TPSA) is 96.0 Å². The fourth-order valence-corrected chi connectivity index (χ4v) is 6.09. The molecule has 11 heteroatoms. The van der Waals surface area contributed by atoms with Crippen molar-refractivity contribution in [2.45, 2.75) is 51.6 Å². The van der Waals surface area contributed by atoms with E-state index in [9.17, 15) is 18.0 Å². The molecule has 0 aromatic heterocycles. The molecule has 0 spiro atoms. The van der Waals surface area contributed by atoms with Crippen LogP contribution in [0.2, 0.25) is 10.0 Å². The lowest BCUT2D eigenvalue weighted by molar-refractivity contribution is -0.141. The normalized spacial score (nSPS) is 11.9. The van der Waals surface area contributed by atoms with E-state index < -0.39 is 16.1 Å². The summed E-state index contributed by atoms with van der Waals surface area (Å²) in [5.74, 6) is -0.109. The second-order valence-corrected chi connectivity index (χ2v) is 12.9. The van der Waals surface area contributed by atoms with Crippen molar-refractivity contribution in [1.29, 1.82) is 0 Å². The van der Waals surface area contributed by atoms with E-state index in [-0.39, 0.29) is 42.8 Å². The first-order valence-corrected chi connectivity index (χ1v) is 16.8. The van der Waals surface area contributed by atoms with Crippen LogP contribution in [-0.2, 0) is 32.6 Å². The number of methoxy groups -OCH3 is 1. The number of benzene rings is 3. The molecule has 0 unspecified atom stereocenters. The standard InChI is InChI=1S/C32H39Cl2N3O5S/c1-4-5-19-35-32(39)29(21-24-12-7-6-8-13-24)36(23-25-14-9-10-15-27(25)33)31(38)16-11-20-37(43(3,40)41)26-17-18-30(42-2)28(34)22-26/h6-10,12-15,17-18,22,29H,4-5,11,16,19-21,23H2,1-3H3,(H,35,39)/t29-/m1/s1. The molecule has 0 aliphatic heterocycles. The molecule has 8 nitrogen and oxygen atoms in total. The second-order valence-electron chi connectivity index (χ2n) is 10.2. The largest absolute Gasteiger partial charge is 0.495 e. The molecule has 0 saturated heterocycles. The number of halogens is 2.